The zero-order chi connectivity index (χ0) is 13.9. The van der Waals surface area contributed by atoms with Gasteiger partial charge in [0.2, 0.25) is 0 Å². The Morgan fingerprint density at radius 3 is 2.10 bits per heavy atom. The number of imide groups is 1. The lowest BCUT2D eigenvalue weighted by Crippen LogP contribution is -2.28. The standard InChI is InChI=1S/C16H11NO3/c18-15-14(11-12-7-3-1-4-8-12)20-16(19)17(15)13-9-5-2-6-10-13/h1-11H/b14-11-. The van der Waals surface area contributed by atoms with Gasteiger partial charge in [-0.2, -0.15) is 0 Å². The van der Waals surface area contributed by atoms with Crippen molar-refractivity contribution < 1.29 is 14.3 Å². The third kappa shape index (κ3) is 2.19. The number of ether oxygens (including phenoxy) is 1. The number of nitrogens with zero attached hydrogens (tertiary/aromatic N) is 1. The van der Waals surface area contributed by atoms with Crippen LogP contribution in [0, 0.1) is 0 Å². The molecule has 0 atom stereocenters. The molecule has 1 saturated heterocycles. The second-order valence-corrected chi connectivity index (χ2v) is 4.26. The molecule has 3 rings (SSSR count). The molecule has 0 aliphatic carbocycles. The first-order valence-electron chi connectivity index (χ1n) is 6.14. The van der Waals surface area contributed by atoms with Gasteiger partial charge in [-0.1, -0.05) is 48.5 Å². The van der Waals surface area contributed by atoms with Crippen LogP contribution in [0.2, 0.25) is 0 Å². The molecule has 0 aromatic heterocycles. The first-order valence-corrected chi connectivity index (χ1v) is 6.14. The summed E-state index contributed by atoms with van der Waals surface area (Å²) >= 11 is 0. The summed E-state index contributed by atoms with van der Waals surface area (Å²) in [5.41, 5.74) is 1.30. The largest absolute Gasteiger partial charge is 0.427 e. The number of cyclic esters (lactones) is 1. The van der Waals surface area contributed by atoms with Crippen LogP contribution >= 0.6 is 0 Å². The van der Waals surface area contributed by atoms with Gasteiger partial charge in [0.1, 0.15) is 0 Å². The Morgan fingerprint density at radius 2 is 1.45 bits per heavy atom. The van der Waals surface area contributed by atoms with Gasteiger partial charge in [-0.25, -0.2) is 9.69 Å². The van der Waals surface area contributed by atoms with E-state index in [-0.39, 0.29) is 5.76 Å². The van der Waals surface area contributed by atoms with E-state index < -0.39 is 12.0 Å². The third-order valence-corrected chi connectivity index (χ3v) is 2.91. The molecule has 2 aromatic carbocycles. The maximum absolute atomic E-state index is 12.2. The van der Waals surface area contributed by atoms with Crippen molar-refractivity contribution in [2.24, 2.45) is 0 Å². The zero-order valence-corrected chi connectivity index (χ0v) is 10.5. The number of hydrogen-bond donors (Lipinski definition) is 0. The van der Waals surface area contributed by atoms with E-state index in [0.717, 1.165) is 10.5 Å². The molecule has 0 unspecified atom stereocenters. The van der Waals surface area contributed by atoms with E-state index >= 15 is 0 Å². The SMILES string of the molecule is O=C1O/C(=C\c2ccccc2)C(=O)N1c1ccccc1. The first kappa shape index (κ1) is 12.2. The molecule has 1 aliphatic heterocycles. The van der Waals surface area contributed by atoms with Gasteiger partial charge in [0.05, 0.1) is 5.69 Å². The van der Waals surface area contributed by atoms with Crippen LogP contribution in [0.4, 0.5) is 10.5 Å². The van der Waals surface area contributed by atoms with Crippen molar-refractivity contribution >= 4 is 23.8 Å². The Morgan fingerprint density at radius 1 is 0.850 bits per heavy atom. The van der Waals surface area contributed by atoms with Gasteiger partial charge in [-0.3, -0.25) is 4.79 Å². The average Bonchev–Trinajstić information content (AvgIpc) is 2.75. The highest BCUT2D eigenvalue weighted by molar-refractivity contribution is 6.24. The van der Waals surface area contributed by atoms with Gasteiger partial charge in [0, 0.05) is 0 Å². The summed E-state index contributed by atoms with van der Waals surface area (Å²) in [4.78, 5) is 25.1. The molecule has 1 aliphatic rings. The molecular formula is C16H11NO3. The topological polar surface area (TPSA) is 46.6 Å². The lowest BCUT2D eigenvalue weighted by Gasteiger charge is -2.08. The average molecular weight is 265 g/mol. The fourth-order valence-electron chi connectivity index (χ4n) is 1.97. The lowest BCUT2D eigenvalue weighted by molar-refractivity contribution is -0.114. The van der Waals surface area contributed by atoms with Gasteiger partial charge in [0.15, 0.2) is 5.76 Å². The van der Waals surface area contributed by atoms with Gasteiger partial charge in [-0.15, -0.1) is 0 Å². The fraction of sp³-hybridized carbons (Fsp3) is 0. The number of anilines is 1. The van der Waals surface area contributed by atoms with Crippen LogP contribution in [-0.2, 0) is 9.53 Å². The smallest absolute Gasteiger partial charge is 0.404 e. The number of amides is 2. The highest BCUT2D eigenvalue weighted by atomic mass is 16.6. The molecule has 2 aromatic rings. The maximum atomic E-state index is 12.2. The number of carbonyl (C=O) groups excluding carboxylic acids is 2. The lowest BCUT2D eigenvalue weighted by atomic mass is 10.2. The van der Waals surface area contributed by atoms with Crippen LogP contribution in [0.5, 0.6) is 0 Å². The molecule has 0 spiro atoms. The van der Waals surface area contributed by atoms with Crippen LogP contribution in [0.15, 0.2) is 66.4 Å². The Bertz CT molecular complexity index is 677. The molecule has 1 heterocycles. The summed E-state index contributed by atoms with van der Waals surface area (Å²) in [6.07, 6.45) is 0.881. The number of benzene rings is 2. The Kier molecular flexibility index (Phi) is 3.05. The van der Waals surface area contributed by atoms with Crippen LogP contribution in [0.3, 0.4) is 0 Å². The third-order valence-electron chi connectivity index (χ3n) is 2.91. The molecule has 2 amide bonds. The molecule has 4 heteroatoms. The van der Waals surface area contributed by atoms with Crippen molar-refractivity contribution in [3.05, 3.63) is 72.0 Å². The minimum Gasteiger partial charge on any atom is -0.404 e. The van der Waals surface area contributed by atoms with Crippen molar-refractivity contribution in [1.82, 2.24) is 0 Å². The summed E-state index contributed by atoms with van der Waals surface area (Å²) in [6.45, 7) is 0. The van der Waals surface area contributed by atoms with Crippen molar-refractivity contribution in [1.29, 1.82) is 0 Å². The summed E-state index contributed by atoms with van der Waals surface area (Å²) in [7, 11) is 0. The minimum atomic E-state index is -0.677. The van der Waals surface area contributed by atoms with E-state index in [1.165, 1.54) is 0 Å². The second-order valence-electron chi connectivity index (χ2n) is 4.26. The summed E-state index contributed by atoms with van der Waals surface area (Å²) in [5, 5.41) is 0. The van der Waals surface area contributed by atoms with Crippen molar-refractivity contribution in [2.75, 3.05) is 4.90 Å². The molecule has 0 N–H and O–H groups in total. The van der Waals surface area contributed by atoms with E-state index in [1.807, 2.05) is 36.4 Å². The summed E-state index contributed by atoms with van der Waals surface area (Å²) in [5.74, 6) is -0.421. The number of rotatable bonds is 2. The number of carbonyl (C=O) groups is 2. The number of hydrogen-bond acceptors (Lipinski definition) is 3. The molecule has 0 radical (unpaired) electrons. The minimum absolute atomic E-state index is 0.0325. The normalized spacial score (nSPS) is 16.6. The van der Waals surface area contributed by atoms with Crippen molar-refractivity contribution in [2.45, 2.75) is 0 Å². The molecule has 20 heavy (non-hydrogen) atoms. The molecule has 0 bridgehead atoms. The predicted molar refractivity (Wildman–Crippen MR) is 74.8 cm³/mol. The molecule has 1 fully saturated rings. The second kappa shape index (κ2) is 5.01. The Balaban J connectivity index is 1.93. The maximum Gasteiger partial charge on any atom is 0.427 e. The molecule has 0 saturated carbocycles. The predicted octanol–water partition coefficient (Wildman–Crippen LogP) is 3.21. The highest BCUT2D eigenvalue weighted by Gasteiger charge is 2.37. The molecule has 98 valence electrons. The first-order chi connectivity index (χ1) is 9.75. The zero-order valence-electron chi connectivity index (χ0n) is 10.5. The van der Waals surface area contributed by atoms with E-state index in [4.69, 9.17) is 4.74 Å². The monoisotopic (exact) mass is 265 g/mol. The van der Waals surface area contributed by atoms with E-state index in [9.17, 15) is 9.59 Å². The summed E-state index contributed by atoms with van der Waals surface area (Å²) < 4.78 is 5.04. The van der Waals surface area contributed by atoms with Gasteiger partial charge < -0.3 is 4.74 Å². The van der Waals surface area contributed by atoms with E-state index in [0.29, 0.717) is 5.69 Å². The summed E-state index contributed by atoms with van der Waals surface area (Å²) in [6, 6.07) is 17.9. The Hall–Kier alpha value is -2.88. The highest BCUT2D eigenvalue weighted by Crippen LogP contribution is 2.25. The Labute approximate surface area is 115 Å². The van der Waals surface area contributed by atoms with E-state index in [2.05, 4.69) is 0 Å². The van der Waals surface area contributed by atoms with Crippen LogP contribution in [0.1, 0.15) is 5.56 Å². The fourth-order valence-corrected chi connectivity index (χ4v) is 1.97. The van der Waals surface area contributed by atoms with E-state index in [1.54, 1.807) is 30.3 Å². The van der Waals surface area contributed by atoms with Crippen LogP contribution in [0.25, 0.3) is 6.08 Å². The van der Waals surface area contributed by atoms with Crippen LogP contribution in [-0.4, -0.2) is 12.0 Å². The molecular weight excluding hydrogens is 254 g/mol. The van der Waals surface area contributed by atoms with Gasteiger partial charge in [-0.05, 0) is 23.8 Å². The van der Waals surface area contributed by atoms with Crippen molar-refractivity contribution in [3.63, 3.8) is 0 Å². The van der Waals surface area contributed by atoms with Crippen molar-refractivity contribution in [3.8, 4) is 0 Å². The van der Waals surface area contributed by atoms with Crippen LogP contribution < -0.4 is 4.90 Å². The molecule has 4 nitrogen and oxygen atoms in total. The number of para-hydroxylation sites is 1. The van der Waals surface area contributed by atoms with Gasteiger partial charge in [0.25, 0.3) is 0 Å². The quantitative estimate of drug-likeness (QED) is 0.783. The van der Waals surface area contributed by atoms with Gasteiger partial charge >= 0.3 is 12.0 Å².